The molecule has 0 fully saturated rings. The maximum atomic E-state index is 7.50. The van der Waals surface area contributed by atoms with Crippen LogP contribution in [0.2, 0.25) is 0 Å². The summed E-state index contributed by atoms with van der Waals surface area (Å²) in [6.07, 6.45) is 0. The van der Waals surface area contributed by atoms with Crippen molar-refractivity contribution in [2.24, 2.45) is 0 Å². The molecule has 1 radical (unpaired) electrons. The molecular formula is C2O2Ru+. The Balaban J connectivity index is -0.0000000133. The Morgan fingerprint density at radius 3 is 0.800 bits per heavy atom. The summed E-state index contributed by atoms with van der Waals surface area (Å²) in [4.78, 5) is 0. The van der Waals surface area contributed by atoms with E-state index >= 15 is 0 Å². The summed E-state index contributed by atoms with van der Waals surface area (Å²) in [7, 11) is 0. The van der Waals surface area contributed by atoms with Gasteiger partial charge in [0.05, 0.1) is 0 Å². The smallest absolute Gasteiger partial charge is 1.00 e. The molecule has 0 bridgehead atoms. The molecule has 0 saturated carbocycles. The summed E-state index contributed by atoms with van der Waals surface area (Å²) in [5, 5.41) is 0. The fourth-order valence-corrected chi connectivity index (χ4v) is 0. The topological polar surface area (TPSA) is 39.8 Å². The summed E-state index contributed by atoms with van der Waals surface area (Å²) < 4.78 is 15.0. The Hall–Kier alpha value is 0.103. The molecular weight excluding hydrogens is 157 g/mol. The third-order valence-corrected chi connectivity index (χ3v) is 0. The van der Waals surface area contributed by atoms with Gasteiger partial charge in [0, 0.05) is 0 Å². The van der Waals surface area contributed by atoms with E-state index in [2.05, 4.69) is 13.3 Å². The third-order valence-electron chi connectivity index (χ3n) is 0. The summed E-state index contributed by atoms with van der Waals surface area (Å²) in [6.45, 7) is 9.00. The van der Waals surface area contributed by atoms with E-state index in [4.69, 9.17) is 9.30 Å². The summed E-state index contributed by atoms with van der Waals surface area (Å²) in [5.74, 6) is 0. The van der Waals surface area contributed by atoms with Crippen LogP contribution in [0, 0.1) is 13.3 Å². The van der Waals surface area contributed by atoms with E-state index in [0.29, 0.717) is 0 Å². The molecule has 0 aliphatic heterocycles. The largest absolute Gasteiger partial charge is 1.00 e. The maximum absolute atomic E-state index is 7.50. The molecule has 2 nitrogen and oxygen atoms in total. The zero-order valence-electron chi connectivity index (χ0n) is 2.17. The van der Waals surface area contributed by atoms with Crippen LogP contribution in [0.15, 0.2) is 0 Å². The van der Waals surface area contributed by atoms with Crippen molar-refractivity contribution in [3.8, 4) is 0 Å². The molecule has 0 heterocycles. The first-order valence-corrected chi connectivity index (χ1v) is 0.408. The van der Waals surface area contributed by atoms with E-state index in [1.165, 1.54) is 0 Å². The van der Waals surface area contributed by atoms with Crippen LogP contribution >= 0.6 is 0 Å². The average Bonchev–Trinajstić information content (AvgIpc) is 1.50. The molecule has 0 aromatic carbocycles. The van der Waals surface area contributed by atoms with Crippen LogP contribution in [-0.4, -0.2) is 0 Å². The van der Waals surface area contributed by atoms with Gasteiger partial charge in [-0.1, -0.05) is 0 Å². The van der Waals surface area contributed by atoms with Gasteiger partial charge in [-0.15, -0.1) is 0 Å². The third kappa shape index (κ3) is 1700. The molecule has 0 atom stereocenters. The molecule has 27 valence electrons. The van der Waals surface area contributed by atoms with Crippen molar-refractivity contribution in [3.05, 3.63) is 13.3 Å². The molecule has 0 aliphatic rings. The van der Waals surface area contributed by atoms with Gasteiger partial charge in [0.25, 0.3) is 0 Å². The second-order valence-corrected chi connectivity index (χ2v) is 0. The second-order valence-electron chi connectivity index (χ2n) is 0. The first-order chi connectivity index (χ1) is 2.00. The van der Waals surface area contributed by atoms with Gasteiger partial charge in [0.2, 0.25) is 0 Å². The molecule has 0 aliphatic carbocycles. The summed E-state index contributed by atoms with van der Waals surface area (Å²) in [5.41, 5.74) is 0. The van der Waals surface area contributed by atoms with Crippen molar-refractivity contribution in [3.63, 3.8) is 0 Å². The van der Waals surface area contributed by atoms with Gasteiger partial charge in [0.15, 0.2) is 0 Å². The molecule has 0 saturated heterocycles. The van der Waals surface area contributed by atoms with Gasteiger partial charge in [-0.05, 0) is 0 Å². The molecule has 0 unspecified atom stereocenters. The molecule has 0 spiro atoms. The monoisotopic (exact) mass is 158 g/mol. The number of hydrogen-bond donors (Lipinski definition) is 0. The number of rotatable bonds is 0. The molecule has 0 aromatic rings. The standard InChI is InChI=1S/2CO.Ru/c2*1-2;/q;;+1. The van der Waals surface area contributed by atoms with Gasteiger partial charge in [0.1, 0.15) is 0 Å². The summed E-state index contributed by atoms with van der Waals surface area (Å²) in [6, 6.07) is 0. The minimum absolute atomic E-state index is 0. The average molecular weight is 157 g/mol. The van der Waals surface area contributed by atoms with Gasteiger partial charge in [-0.2, -0.15) is 0 Å². The predicted octanol–water partition coefficient (Wildman–Crippen LogP) is -0.0775. The van der Waals surface area contributed by atoms with Crippen LogP contribution < -0.4 is 0 Å². The van der Waals surface area contributed by atoms with E-state index in [-0.39, 0.29) is 19.5 Å². The van der Waals surface area contributed by atoms with Crippen molar-refractivity contribution in [2.45, 2.75) is 0 Å². The SMILES string of the molecule is [C-]#[O+].[C-]#[O+].[Ru+]. The summed E-state index contributed by atoms with van der Waals surface area (Å²) >= 11 is 0. The fourth-order valence-electron chi connectivity index (χ4n) is 0. The number of hydrogen-bond acceptors (Lipinski definition) is 0. The zero-order chi connectivity index (χ0) is 4.00. The van der Waals surface area contributed by atoms with Crippen LogP contribution in [0.5, 0.6) is 0 Å². The van der Waals surface area contributed by atoms with Crippen LogP contribution in [0.25, 0.3) is 0 Å². The molecule has 5 heavy (non-hydrogen) atoms. The van der Waals surface area contributed by atoms with Crippen LogP contribution in [0.4, 0.5) is 0 Å². The van der Waals surface area contributed by atoms with Crippen molar-refractivity contribution in [1.82, 2.24) is 0 Å². The van der Waals surface area contributed by atoms with Gasteiger partial charge >= 0.3 is 42.1 Å². The van der Waals surface area contributed by atoms with Crippen molar-refractivity contribution in [2.75, 3.05) is 0 Å². The van der Waals surface area contributed by atoms with E-state index in [9.17, 15) is 0 Å². The second kappa shape index (κ2) is 3700. The van der Waals surface area contributed by atoms with E-state index in [1.54, 1.807) is 0 Å². The van der Waals surface area contributed by atoms with E-state index < -0.39 is 0 Å². The Morgan fingerprint density at radius 2 is 0.800 bits per heavy atom. The van der Waals surface area contributed by atoms with Crippen molar-refractivity contribution < 1.29 is 28.8 Å². The van der Waals surface area contributed by atoms with E-state index in [0.717, 1.165) is 0 Å². The van der Waals surface area contributed by atoms with Crippen LogP contribution in [0.3, 0.4) is 0 Å². The fraction of sp³-hybridized carbons (Fsp3) is 0. The first-order valence-electron chi connectivity index (χ1n) is 0.408. The molecule has 0 N–H and O–H groups in total. The molecule has 0 amide bonds. The quantitative estimate of drug-likeness (QED) is 0.268. The van der Waals surface area contributed by atoms with Gasteiger partial charge < -0.3 is 0 Å². The molecule has 3 heteroatoms. The Labute approximate surface area is 42.8 Å². The Kier molecular flexibility index (Phi) is 14400. The Morgan fingerprint density at radius 1 is 0.800 bits per heavy atom. The molecule has 0 aromatic heterocycles. The predicted molar refractivity (Wildman–Crippen MR) is 7.86 cm³/mol. The van der Waals surface area contributed by atoms with Crippen LogP contribution in [-0.2, 0) is 28.8 Å². The maximum Gasteiger partial charge on any atom is 1.00 e. The van der Waals surface area contributed by atoms with Crippen LogP contribution in [0.1, 0.15) is 0 Å². The van der Waals surface area contributed by atoms with Gasteiger partial charge in [-0.3, -0.25) is 0 Å². The Bertz CT molecular complexity index is 23.1. The zero-order valence-corrected chi connectivity index (χ0v) is 3.91. The normalized spacial score (nSPS) is 0.800. The van der Waals surface area contributed by atoms with Gasteiger partial charge in [-0.25, -0.2) is 0 Å². The first kappa shape index (κ1) is 19.4. The van der Waals surface area contributed by atoms with E-state index in [1.807, 2.05) is 0 Å². The molecule has 0 rings (SSSR count). The minimum atomic E-state index is 0. The van der Waals surface area contributed by atoms with Crippen molar-refractivity contribution in [1.29, 1.82) is 0 Å². The van der Waals surface area contributed by atoms with Crippen molar-refractivity contribution >= 4 is 0 Å². The minimum Gasteiger partial charge on any atom is 1.00 e.